The lowest BCUT2D eigenvalue weighted by Crippen LogP contribution is -2.41. The van der Waals surface area contributed by atoms with E-state index in [2.05, 4.69) is 0 Å². The van der Waals surface area contributed by atoms with Crippen molar-refractivity contribution in [3.8, 4) is 5.75 Å². The van der Waals surface area contributed by atoms with Crippen LogP contribution in [0.15, 0.2) is 42.1 Å². The first-order chi connectivity index (χ1) is 15.4. The third-order valence-electron chi connectivity index (χ3n) is 5.89. The third kappa shape index (κ3) is 4.76. The van der Waals surface area contributed by atoms with Gasteiger partial charge in [-0.05, 0) is 54.9 Å². The second-order valence-corrected chi connectivity index (χ2v) is 9.62. The summed E-state index contributed by atoms with van der Waals surface area (Å²) in [6.07, 6.45) is 7.21. The zero-order chi connectivity index (χ0) is 22.8. The minimum absolute atomic E-state index is 0.0734. The van der Waals surface area contributed by atoms with E-state index >= 15 is 0 Å². The van der Waals surface area contributed by atoms with Crippen molar-refractivity contribution >= 4 is 64.1 Å². The number of amides is 1. The summed E-state index contributed by atoms with van der Waals surface area (Å²) >= 11 is 24.7. The molecule has 2 fully saturated rings. The Morgan fingerprint density at radius 2 is 1.72 bits per heavy atom. The van der Waals surface area contributed by atoms with Gasteiger partial charge >= 0.3 is 0 Å². The van der Waals surface area contributed by atoms with Crippen LogP contribution in [0.4, 0.5) is 0 Å². The van der Waals surface area contributed by atoms with Gasteiger partial charge in [0.05, 0.1) is 10.0 Å². The molecule has 1 aliphatic heterocycles. The first-order valence-corrected chi connectivity index (χ1v) is 12.1. The van der Waals surface area contributed by atoms with E-state index in [-0.39, 0.29) is 18.6 Å². The first-order valence-electron chi connectivity index (χ1n) is 10.5. The van der Waals surface area contributed by atoms with E-state index in [0.717, 1.165) is 31.2 Å². The predicted molar refractivity (Wildman–Crippen MR) is 134 cm³/mol. The summed E-state index contributed by atoms with van der Waals surface area (Å²) in [5, 5.41) is 1.87. The average Bonchev–Trinajstić information content (AvgIpc) is 2.98. The topological polar surface area (TPSA) is 32.8 Å². The molecule has 0 N–H and O–H groups in total. The van der Waals surface area contributed by atoms with Gasteiger partial charge in [0, 0.05) is 23.7 Å². The molecule has 1 heterocycles. The minimum atomic E-state index is -0.0734. The number of benzene rings is 2. The summed E-state index contributed by atoms with van der Waals surface area (Å²) in [7, 11) is 1.82. The standard InChI is InChI=1S/C24H23Cl3N2O2S/c1-28-21(23(30)29(24(28)32)17-8-3-2-4-9-17)13-15-11-19(26)22(20(27)12-15)31-14-16-7-5-6-10-18(16)25/h5-7,10-13,17H,2-4,8-9,14H2,1H3/b21-13-. The van der Waals surface area contributed by atoms with Crippen LogP contribution in [0.25, 0.3) is 6.08 Å². The van der Waals surface area contributed by atoms with Crippen LogP contribution in [0.1, 0.15) is 43.2 Å². The molecule has 1 amide bonds. The number of carbonyl (C=O) groups excluding carboxylic acids is 1. The van der Waals surface area contributed by atoms with Gasteiger partial charge in [0.15, 0.2) is 10.9 Å². The number of thiocarbonyl (C=S) groups is 1. The van der Waals surface area contributed by atoms with Crippen LogP contribution in [-0.2, 0) is 11.4 Å². The number of ether oxygens (including phenoxy) is 1. The van der Waals surface area contributed by atoms with E-state index in [4.69, 9.17) is 51.8 Å². The van der Waals surface area contributed by atoms with Crippen LogP contribution < -0.4 is 4.74 Å². The van der Waals surface area contributed by atoms with E-state index in [1.54, 1.807) is 34.1 Å². The number of halogens is 3. The molecular formula is C24H23Cl3N2O2S. The maximum absolute atomic E-state index is 13.2. The molecule has 2 aliphatic rings. The fourth-order valence-electron chi connectivity index (χ4n) is 4.16. The summed E-state index contributed by atoms with van der Waals surface area (Å²) in [6.45, 7) is 0.241. The molecule has 4 rings (SSSR count). The van der Waals surface area contributed by atoms with E-state index in [1.165, 1.54) is 6.42 Å². The number of nitrogens with zero attached hydrogens (tertiary/aromatic N) is 2. The minimum Gasteiger partial charge on any atom is -0.486 e. The van der Waals surface area contributed by atoms with Crippen molar-refractivity contribution in [2.75, 3.05) is 7.05 Å². The molecule has 1 saturated carbocycles. The lowest BCUT2D eigenvalue weighted by Gasteiger charge is -2.30. The van der Waals surface area contributed by atoms with E-state index in [9.17, 15) is 4.79 Å². The smallest absolute Gasteiger partial charge is 0.277 e. The molecule has 0 unspecified atom stereocenters. The lowest BCUT2D eigenvalue weighted by atomic mass is 9.94. The van der Waals surface area contributed by atoms with E-state index < -0.39 is 0 Å². The van der Waals surface area contributed by atoms with Crippen molar-refractivity contribution in [3.05, 3.63) is 68.3 Å². The number of hydrogen-bond donors (Lipinski definition) is 0. The van der Waals surface area contributed by atoms with E-state index in [1.807, 2.05) is 25.2 Å². The Hall–Kier alpha value is -1.79. The Balaban J connectivity index is 1.55. The first kappa shape index (κ1) is 23.4. The van der Waals surface area contributed by atoms with Gasteiger partial charge in [0.1, 0.15) is 12.3 Å². The van der Waals surface area contributed by atoms with Crippen molar-refractivity contribution < 1.29 is 9.53 Å². The summed E-state index contributed by atoms with van der Waals surface area (Å²) in [5.74, 6) is 0.302. The molecular weight excluding hydrogens is 487 g/mol. The maximum Gasteiger partial charge on any atom is 0.277 e. The molecule has 2 aromatic rings. The Kier molecular flexibility index (Phi) is 7.30. The van der Waals surface area contributed by atoms with Gasteiger partial charge in [0.25, 0.3) is 5.91 Å². The lowest BCUT2D eigenvalue weighted by molar-refractivity contribution is -0.124. The average molecular weight is 510 g/mol. The summed E-state index contributed by atoms with van der Waals surface area (Å²) < 4.78 is 5.84. The summed E-state index contributed by atoms with van der Waals surface area (Å²) in [6, 6.07) is 11.1. The van der Waals surface area contributed by atoms with Crippen LogP contribution in [-0.4, -0.2) is 33.9 Å². The second kappa shape index (κ2) is 10.0. The third-order valence-corrected chi connectivity index (χ3v) is 7.29. The predicted octanol–water partition coefficient (Wildman–Crippen LogP) is 6.96. The van der Waals surface area contributed by atoms with Gasteiger partial charge in [-0.2, -0.15) is 0 Å². The van der Waals surface area contributed by atoms with Gasteiger partial charge in [0.2, 0.25) is 0 Å². The molecule has 1 saturated heterocycles. The van der Waals surface area contributed by atoms with Crippen molar-refractivity contribution in [1.29, 1.82) is 0 Å². The highest BCUT2D eigenvalue weighted by molar-refractivity contribution is 7.80. The Bertz CT molecular complexity index is 1060. The molecule has 2 aromatic carbocycles. The molecule has 1 aliphatic carbocycles. The summed E-state index contributed by atoms with van der Waals surface area (Å²) in [5.41, 5.74) is 2.05. The van der Waals surface area contributed by atoms with Gasteiger partial charge in [-0.15, -0.1) is 0 Å². The SMILES string of the molecule is CN1C(=S)N(C2CCCCC2)C(=O)/C1=C/c1cc(Cl)c(OCc2ccccc2Cl)c(Cl)c1. The number of hydrogen-bond acceptors (Lipinski definition) is 3. The van der Waals surface area contributed by atoms with E-state index in [0.29, 0.717) is 37.2 Å². The molecule has 0 aromatic heterocycles. The second-order valence-electron chi connectivity index (χ2n) is 8.03. The van der Waals surface area contributed by atoms with Crippen LogP contribution in [0.2, 0.25) is 15.1 Å². The van der Waals surface area contributed by atoms with Gasteiger partial charge in [-0.1, -0.05) is 72.3 Å². The van der Waals surface area contributed by atoms with Crippen LogP contribution in [0.3, 0.4) is 0 Å². The molecule has 32 heavy (non-hydrogen) atoms. The van der Waals surface area contributed by atoms with Crippen molar-refractivity contribution in [2.24, 2.45) is 0 Å². The highest BCUT2D eigenvalue weighted by atomic mass is 35.5. The molecule has 0 bridgehead atoms. The highest BCUT2D eigenvalue weighted by Gasteiger charge is 2.40. The fourth-order valence-corrected chi connectivity index (χ4v) is 5.30. The number of likely N-dealkylation sites (N-methyl/N-ethyl adjacent to an activating group) is 1. The van der Waals surface area contributed by atoms with Crippen LogP contribution in [0, 0.1) is 0 Å². The monoisotopic (exact) mass is 508 g/mol. The zero-order valence-electron chi connectivity index (χ0n) is 17.6. The molecule has 8 heteroatoms. The summed E-state index contributed by atoms with van der Waals surface area (Å²) in [4.78, 5) is 16.7. The number of carbonyl (C=O) groups is 1. The molecule has 0 atom stereocenters. The van der Waals surface area contributed by atoms with Crippen LogP contribution in [0.5, 0.6) is 5.75 Å². The molecule has 0 spiro atoms. The molecule has 4 nitrogen and oxygen atoms in total. The Morgan fingerprint density at radius 1 is 1.06 bits per heavy atom. The Morgan fingerprint density at radius 3 is 2.38 bits per heavy atom. The van der Waals surface area contributed by atoms with Gasteiger partial charge in [-0.25, -0.2) is 0 Å². The number of rotatable bonds is 5. The largest absolute Gasteiger partial charge is 0.486 e. The quantitative estimate of drug-likeness (QED) is 0.322. The molecule has 168 valence electrons. The van der Waals surface area contributed by atoms with Crippen molar-refractivity contribution in [1.82, 2.24) is 9.80 Å². The fraction of sp³-hybridized carbons (Fsp3) is 0.333. The molecule has 0 radical (unpaired) electrons. The normalized spacial score (nSPS) is 18.7. The Labute approximate surface area is 208 Å². The highest BCUT2D eigenvalue weighted by Crippen LogP contribution is 2.37. The van der Waals surface area contributed by atoms with Crippen LogP contribution >= 0.6 is 47.0 Å². The van der Waals surface area contributed by atoms with Gasteiger partial charge < -0.3 is 9.64 Å². The van der Waals surface area contributed by atoms with Gasteiger partial charge in [-0.3, -0.25) is 9.69 Å². The zero-order valence-corrected chi connectivity index (χ0v) is 20.7. The van der Waals surface area contributed by atoms with Crippen molar-refractivity contribution in [3.63, 3.8) is 0 Å². The maximum atomic E-state index is 13.2. The van der Waals surface area contributed by atoms with Crippen molar-refractivity contribution in [2.45, 2.75) is 44.8 Å².